The molecule has 1 heterocycles. The van der Waals surface area contributed by atoms with E-state index < -0.39 is 0 Å². The standard InChI is InChI=1S/C16H25N5/c1-13(9-10-20(3)4)19-14(2)15-5-7-16(8-6-15)21-12-17-11-18-21/h5-8,11-14,19H,9-10H2,1-4H3/t13-,14-/m0/s1. The van der Waals surface area contributed by atoms with E-state index >= 15 is 0 Å². The van der Waals surface area contributed by atoms with Gasteiger partial charge in [-0.25, -0.2) is 9.67 Å². The molecule has 1 aromatic carbocycles. The van der Waals surface area contributed by atoms with Crippen molar-refractivity contribution < 1.29 is 0 Å². The predicted octanol–water partition coefficient (Wildman–Crippen LogP) is 2.26. The van der Waals surface area contributed by atoms with Gasteiger partial charge >= 0.3 is 0 Å². The molecule has 1 N–H and O–H groups in total. The summed E-state index contributed by atoms with van der Waals surface area (Å²) >= 11 is 0. The maximum absolute atomic E-state index is 4.14. The Kier molecular flexibility index (Phi) is 5.47. The minimum absolute atomic E-state index is 0.340. The summed E-state index contributed by atoms with van der Waals surface area (Å²) < 4.78 is 1.77. The van der Waals surface area contributed by atoms with Gasteiger partial charge in [0.05, 0.1) is 5.69 Å². The van der Waals surface area contributed by atoms with Crippen LogP contribution in [0.1, 0.15) is 31.9 Å². The van der Waals surface area contributed by atoms with Crippen LogP contribution in [0.25, 0.3) is 5.69 Å². The minimum atomic E-state index is 0.340. The highest BCUT2D eigenvalue weighted by Crippen LogP contribution is 2.16. The molecule has 0 fully saturated rings. The van der Waals surface area contributed by atoms with Crippen LogP contribution in [0, 0.1) is 0 Å². The summed E-state index contributed by atoms with van der Waals surface area (Å²) in [6.07, 6.45) is 4.40. The molecule has 0 saturated carbocycles. The zero-order valence-electron chi connectivity index (χ0n) is 13.3. The molecular formula is C16H25N5. The van der Waals surface area contributed by atoms with Crippen LogP contribution in [0.3, 0.4) is 0 Å². The normalized spacial score (nSPS) is 14.3. The second-order valence-corrected chi connectivity index (χ2v) is 5.81. The lowest BCUT2D eigenvalue weighted by Crippen LogP contribution is -2.31. The summed E-state index contributed by atoms with van der Waals surface area (Å²) in [7, 11) is 4.22. The molecule has 0 unspecified atom stereocenters. The van der Waals surface area contributed by atoms with Crippen molar-refractivity contribution in [3.63, 3.8) is 0 Å². The summed E-state index contributed by atoms with van der Waals surface area (Å²) in [5.41, 5.74) is 2.32. The molecule has 0 amide bonds. The first-order chi connectivity index (χ1) is 10.1. The lowest BCUT2D eigenvalue weighted by molar-refractivity contribution is 0.354. The smallest absolute Gasteiger partial charge is 0.138 e. The Balaban J connectivity index is 1.92. The van der Waals surface area contributed by atoms with Crippen LogP contribution < -0.4 is 5.32 Å². The van der Waals surface area contributed by atoms with Crippen molar-refractivity contribution in [1.29, 1.82) is 0 Å². The van der Waals surface area contributed by atoms with Crippen LogP contribution >= 0.6 is 0 Å². The van der Waals surface area contributed by atoms with Gasteiger partial charge in [0, 0.05) is 12.1 Å². The topological polar surface area (TPSA) is 46.0 Å². The Morgan fingerprint density at radius 2 is 1.90 bits per heavy atom. The number of rotatable bonds is 7. The van der Waals surface area contributed by atoms with Gasteiger partial charge in [0.1, 0.15) is 12.7 Å². The van der Waals surface area contributed by atoms with E-state index in [9.17, 15) is 0 Å². The van der Waals surface area contributed by atoms with Gasteiger partial charge in [0.15, 0.2) is 0 Å². The first-order valence-electron chi connectivity index (χ1n) is 7.42. The fourth-order valence-corrected chi connectivity index (χ4v) is 2.32. The molecule has 0 bridgehead atoms. The summed E-state index contributed by atoms with van der Waals surface area (Å²) in [6, 6.07) is 9.28. The van der Waals surface area contributed by atoms with E-state index in [2.05, 4.69) is 72.5 Å². The Morgan fingerprint density at radius 3 is 2.48 bits per heavy atom. The SMILES string of the molecule is C[C@H](N[C@@H](C)CCN(C)C)c1ccc(-n2cncn2)cc1. The number of hydrogen-bond acceptors (Lipinski definition) is 4. The zero-order valence-corrected chi connectivity index (χ0v) is 13.3. The van der Waals surface area contributed by atoms with E-state index in [1.807, 2.05) is 0 Å². The van der Waals surface area contributed by atoms with Crippen molar-refractivity contribution in [2.75, 3.05) is 20.6 Å². The lowest BCUT2D eigenvalue weighted by atomic mass is 10.1. The molecule has 0 saturated heterocycles. The van der Waals surface area contributed by atoms with E-state index in [4.69, 9.17) is 0 Å². The number of hydrogen-bond donors (Lipinski definition) is 1. The number of benzene rings is 1. The van der Waals surface area contributed by atoms with Crippen molar-refractivity contribution in [2.45, 2.75) is 32.4 Å². The number of nitrogens with zero attached hydrogens (tertiary/aromatic N) is 4. The summed E-state index contributed by atoms with van der Waals surface area (Å²) in [4.78, 5) is 6.18. The van der Waals surface area contributed by atoms with Gasteiger partial charge in [-0.1, -0.05) is 12.1 Å². The lowest BCUT2D eigenvalue weighted by Gasteiger charge is -2.22. The summed E-state index contributed by atoms with van der Waals surface area (Å²) in [6.45, 7) is 5.55. The average molecular weight is 287 g/mol. The zero-order chi connectivity index (χ0) is 15.2. The highest BCUT2D eigenvalue weighted by Gasteiger charge is 2.10. The summed E-state index contributed by atoms with van der Waals surface area (Å²) in [5.74, 6) is 0. The average Bonchev–Trinajstić information content (AvgIpc) is 2.99. The fraction of sp³-hybridized carbons (Fsp3) is 0.500. The van der Waals surface area contributed by atoms with Crippen molar-refractivity contribution in [1.82, 2.24) is 25.0 Å². The van der Waals surface area contributed by atoms with Gasteiger partial charge < -0.3 is 10.2 Å². The van der Waals surface area contributed by atoms with Crippen LogP contribution in [0.5, 0.6) is 0 Å². The van der Waals surface area contributed by atoms with E-state index in [0.717, 1.165) is 18.7 Å². The molecule has 2 rings (SSSR count). The molecule has 5 nitrogen and oxygen atoms in total. The Morgan fingerprint density at radius 1 is 1.19 bits per heavy atom. The first-order valence-corrected chi connectivity index (χ1v) is 7.42. The highest BCUT2D eigenvalue weighted by atomic mass is 15.3. The van der Waals surface area contributed by atoms with E-state index in [0.29, 0.717) is 12.1 Å². The third-order valence-corrected chi connectivity index (χ3v) is 3.62. The summed E-state index contributed by atoms with van der Waals surface area (Å²) in [5, 5.41) is 7.78. The predicted molar refractivity (Wildman–Crippen MR) is 85.5 cm³/mol. The largest absolute Gasteiger partial charge is 0.309 e. The monoisotopic (exact) mass is 287 g/mol. The molecule has 2 atom stereocenters. The Labute approximate surface area is 127 Å². The molecule has 5 heteroatoms. The molecule has 114 valence electrons. The number of aromatic nitrogens is 3. The van der Waals surface area contributed by atoms with Crippen LogP contribution in [-0.2, 0) is 0 Å². The molecule has 0 aliphatic carbocycles. The van der Waals surface area contributed by atoms with Gasteiger partial charge in [-0.3, -0.25) is 0 Å². The third-order valence-electron chi connectivity index (χ3n) is 3.62. The molecule has 0 spiro atoms. The maximum Gasteiger partial charge on any atom is 0.138 e. The third kappa shape index (κ3) is 4.65. The van der Waals surface area contributed by atoms with Crippen LogP contribution in [0.15, 0.2) is 36.9 Å². The number of nitrogens with one attached hydrogen (secondary N) is 1. The maximum atomic E-state index is 4.14. The van der Waals surface area contributed by atoms with Gasteiger partial charge in [-0.2, -0.15) is 5.10 Å². The quantitative estimate of drug-likeness (QED) is 0.848. The van der Waals surface area contributed by atoms with Crippen molar-refractivity contribution in [3.8, 4) is 5.69 Å². The van der Waals surface area contributed by atoms with Gasteiger partial charge in [-0.15, -0.1) is 0 Å². The van der Waals surface area contributed by atoms with E-state index in [1.54, 1.807) is 17.3 Å². The second-order valence-electron chi connectivity index (χ2n) is 5.81. The molecule has 21 heavy (non-hydrogen) atoms. The van der Waals surface area contributed by atoms with Gasteiger partial charge in [-0.05, 0) is 58.6 Å². The van der Waals surface area contributed by atoms with E-state index in [1.165, 1.54) is 5.56 Å². The van der Waals surface area contributed by atoms with Crippen molar-refractivity contribution in [3.05, 3.63) is 42.5 Å². The first kappa shape index (κ1) is 15.7. The minimum Gasteiger partial charge on any atom is -0.309 e. The Hall–Kier alpha value is -1.72. The molecule has 1 aromatic heterocycles. The van der Waals surface area contributed by atoms with Crippen LogP contribution in [0.4, 0.5) is 0 Å². The van der Waals surface area contributed by atoms with Crippen molar-refractivity contribution >= 4 is 0 Å². The van der Waals surface area contributed by atoms with Crippen LogP contribution in [-0.4, -0.2) is 46.3 Å². The van der Waals surface area contributed by atoms with E-state index in [-0.39, 0.29) is 0 Å². The molecule has 2 aromatic rings. The van der Waals surface area contributed by atoms with Gasteiger partial charge in [0.2, 0.25) is 0 Å². The molecule has 0 aliphatic heterocycles. The molecular weight excluding hydrogens is 262 g/mol. The molecule has 0 radical (unpaired) electrons. The Bertz CT molecular complexity index is 518. The second kappa shape index (κ2) is 7.33. The highest BCUT2D eigenvalue weighted by molar-refractivity contribution is 5.34. The van der Waals surface area contributed by atoms with Crippen LogP contribution in [0.2, 0.25) is 0 Å². The fourth-order valence-electron chi connectivity index (χ4n) is 2.32. The van der Waals surface area contributed by atoms with Gasteiger partial charge in [0.25, 0.3) is 0 Å². The molecule has 0 aliphatic rings. The van der Waals surface area contributed by atoms with Crippen molar-refractivity contribution in [2.24, 2.45) is 0 Å².